The Balaban J connectivity index is 1.45. The number of fused-ring (bicyclic) bond motifs is 1. The largest absolute Gasteiger partial charge is 0.494 e. The summed E-state index contributed by atoms with van der Waals surface area (Å²) in [5.74, 6) is 1.37. The van der Waals surface area contributed by atoms with Crippen LogP contribution in [0.5, 0.6) is 11.6 Å². The molecule has 0 aliphatic carbocycles. The van der Waals surface area contributed by atoms with Gasteiger partial charge < -0.3 is 14.4 Å². The van der Waals surface area contributed by atoms with E-state index in [0.717, 1.165) is 33.9 Å². The zero-order chi connectivity index (χ0) is 19.0. The van der Waals surface area contributed by atoms with Crippen LogP contribution in [0.4, 0.5) is 0 Å². The molecule has 1 aromatic carbocycles. The van der Waals surface area contributed by atoms with Gasteiger partial charge in [-0.2, -0.15) is 0 Å². The Morgan fingerprint density at radius 3 is 2.81 bits per heavy atom. The smallest absolute Gasteiger partial charge is 0.307 e. The highest BCUT2D eigenvalue weighted by Crippen LogP contribution is 2.22. The number of aromatic hydroxyl groups is 1. The number of aromatic amines is 1. The van der Waals surface area contributed by atoms with Gasteiger partial charge in [-0.15, -0.1) is 0 Å². The topological polar surface area (TPSA) is 93.0 Å². The van der Waals surface area contributed by atoms with Gasteiger partial charge in [-0.25, -0.2) is 9.97 Å². The number of ether oxygens (including phenoxy) is 1. The number of aromatic nitrogens is 4. The van der Waals surface area contributed by atoms with E-state index in [2.05, 4.69) is 15.0 Å². The lowest BCUT2D eigenvalue weighted by molar-refractivity contribution is 0.292. The number of halogens is 1. The zero-order valence-corrected chi connectivity index (χ0v) is 15.8. The third-order valence-electron chi connectivity index (χ3n) is 4.12. The predicted molar refractivity (Wildman–Crippen MR) is 104 cm³/mol. The number of hydrogen-bond donors (Lipinski definition) is 2. The Hall–Kier alpha value is -2.84. The van der Waals surface area contributed by atoms with E-state index in [9.17, 15) is 9.90 Å². The van der Waals surface area contributed by atoms with Crippen molar-refractivity contribution in [2.45, 2.75) is 13.0 Å². The van der Waals surface area contributed by atoms with E-state index in [1.54, 1.807) is 12.3 Å². The van der Waals surface area contributed by atoms with E-state index in [-0.39, 0.29) is 10.8 Å². The van der Waals surface area contributed by atoms with Crippen molar-refractivity contribution in [1.82, 2.24) is 19.5 Å². The minimum atomic E-state index is -0.263. The fourth-order valence-electron chi connectivity index (χ4n) is 2.74. The molecule has 2 N–H and O–H groups in total. The summed E-state index contributed by atoms with van der Waals surface area (Å²) in [6, 6.07) is 9.26. The Labute approximate surface area is 162 Å². The summed E-state index contributed by atoms with van der Waals surface area (Å²) in [6.45, 7) is 0.296. The summed E-state index contributed by atoms with van der Waals surface area (Å²) in [5.41, 5.74) is 2.44. The Kier molecular flexibility index (Phi) is 4.59. The van der Waals surface area contributed by atoms with E-state index >= 15 is 0 Å². The molecule has 0 fully saturated rings. The second-order valence-corrected chi connectivity index (χ2v) is 7.48. The maximum absolute atomic E-state index is 11.2. The van der Waals surface area contributed by atoms with Crippen LogP contribution in [0.1, 0.15) is 16.3 Å². The lowest BCUT2D eigenvalue weighted by atomic mass is 10.1. The molecule has 0 radical (unpaired) electrons. The molecule has 3 heterocycles. The second kappa shape index (κ2) is 7.05. The van der Waals surface area contributed by atoms with Crippen molar-refractivity contribution in [1.29, 1.82) is 0 Å². The molecule has 0 aliphatic heterocycles. The van der Waals surface area contributed by atoms with Crippen LogP contribution in [-0.2, 0) is 20.1 Å². The van der Waals surface area contributed by atoms with Gasteiger partial charge in [-0.3, -0.25) is 9.78 Å². The van der Waals surface area contributed by atoms with Crippen molar-refractivity contribution >= 4 is 34.1 Å². The van der Waals surface area contributed by atoms with Crippen LogP contribution in [0.15, 0.2) is 41.3 Å². The highest BCUT2D eigenvalue weighted by atomic mass is 35.5. The molecule has 0 amide bonds. The molecule has 138 valence electrons. The number of benzene rings is 1. The summed E-state index contributed by atoms with van der Waals surface area (Å²) in [6.07, 6.45) is 2.07. The van der Waals surface area contributed by atoms with Crippen LogP contribution in [0, 0.1) is 0 Å². The number of hydrogen-bond acceptors (Lipinski definition) is 6. The summed E-state index contributed by atoms with van der Waals surface area (Å²) in [7, 11) is 1.88. The van der Waals surface area contributed by atoms with E-state index < -0.39 is 0 Å². The average molecular weight is 403 g/mol. The van der Waals surface area contributed by atoms with Gasteiger partial charge in [0.05, 0.1) is 9.90 Å². The van der Waals surface area contributed by atoms with Crippen molar-refractivity contribution in [2.75, 3.05) is 0 Å². The van der Waals surface area contributed by atoms with Crippen LogP contribution in [0.3, 0.4) is 0 Å². The van der Waals surface area contributed by atoms with Crippen LogP contribution in [0.2, 0.25) is 5.02 Å². The van der Waals surface area contributed by atoms with E-state index in [0.29, 0.717) is 28.7 Å². The molecule has 4 aromatic rings. The van der Waals surface area contributed by atoms with E-state index in [4.69, 9.17) is 16.3 Å². The minimum Gasteiger partial charge on any atom is -0.494 e. The molecule has 3 aromatic heterocycles. The fourth-order valence-corrected chi connectivity index (χ4v) is 3.65. The lowest BCUT2D eigenvalue weighted by Crippen LogP contribution is -2.03. The molecule has 0 unspecified atom stereocenters. The van der Waals surface area contributed by atoms with Gasteiger partial charge in [0.1, 0.15) is 23.7 Å². The number of imidazole rings is 1. The molecule has 9 heteroatoms. The van der Waals surface area contributed by atoms with Gasteiger partial charge in [0.2, 0.25) is 5.88 Å². The average Bonchev–Trinajstić information content (AvgIpc) is 3.12. The van der Waals surface area contributed by atoms with Gasteiger partial charge in [0.25, 0.3) is 0 Å². The van der Waals surface area contributed by atoms with Crippen LogP contribution in [0.25, 0.3) is 11.2 Å². The zero-order valence-electron chi connectivity index (χ0n) is 14.3. The molecule has 27 heavy (non-hydrogen) atoms. The second-order valence-electron chi connectivity index (χ2n) is 5.98. The number of thiazole rings is 1. The van der Waals surface area contributed by atoms with Gasteiger partial charge in [-0.05, 0) is 23.8 Å². The van der Waals surface area contributed by atoms with Crippen LogP contribution >= 0.6 is 22.9 Å². The number of nitrogens with zero attached hydrogens (tertiary/aromatic N) is 3. The van der Waals surface area contributed by atoms with Crippen LogP contribution < -0.4 is 9.61 Å². The van der Waals surface area contributed by atoms with Gasteiger partial charge in [-0.1, -0.05) is 35.1 Å². The molecule has 0 aliphatic rings. The summed E-state index contributed by atoms with van der Waals surface area (Å²) in [4.78, 5) is 22.8. The quantitative estimate of drug-likeness (QED) is 0.534. The maximum atomic E-state index is 11.2. The normalized spacial score (nSPS) is 11.2. The number of pyridine rings is 1. The van der Waals surface area contributed by atoms with Crippen LogP contribution in [-0.4, -0.2) is 24.6 Å². The van der Waals surface area contributed by atoms with Crippen molar-refractivity contribution in [3.05, 3.63) is 67.5 Å². The third kappa shape index (κ3) is 3.67. The van der Waals surface area contributed by atoms with E-state index in [1.807, 2.05) is 35.9 Å². The molecule has 0 saturated carbocycles. The molecule has 0 atom stereocenters. The number of rotatable bonds is 5. The Morgan fingerprint density at radius 2 is 2.11 bits per heavy atom. The SMILES string of the molecule is Cn1c(COc2ccc(Cc3sc(=O)[nH]c3O)cc2)nc2cc(Cl)cnc21. The molecule has 0 bridgehead atoms. The highest BCUT2D eigenvalue weighted by molar-refractivity contribution is 7.09. The minimum absolute atomic E-state index is 0.0686. The number of H-pyrrole nitrogens is 1. The standard InChI is InChI=1S/C18H15ClN4O3S/c1-23-15(21-13-7-11(19)8-20-16(13)23)9-26-12-4-2-10(3-5-12)6-14-17(24)22-18(25)27-14/h2-5,7-8,24H,6,9H2,1H3,(H,22,25). The monoisotopic (exact) mass is 402 g/mol. The molecule has 7 nitrogen and oxygen atoms in total. The molecule has 0 spiro atoms. The van der Waals surface area contributed by atoms with E-state index in [1.165, 1.54) is 0 Å². The van der Waals surface area contributed by atoms with Gasteiger partial charge in [0.15, 0.2) is 5.65 Å². The van der Waals surface area contributed by atoms with Crippen molar-refractivity contribution in [3.8, 4) is 11.6 Å². The first-order valence-electron chi connectivity index (χ1n) is 8.09. The molecule has 4 rings (SSSR count). The summed E-state index contributed by atoms with van der Waals surface area (Å²) >= 11 is 6.97. The number of aryl methyl sites for hydroxylation is 1. The number of nitrogens with one attached hydrogen (secondary N) is 1. The first-order chi connectivity index (χ1) is 13.0. The van der Waals surface area contributed by atoms with Crippen molar-refractivity contribution in [3.63, 3.8) is 0 Å². The fraction of sp³-hybridized carbons (Fsp3) is 0.167. The predicted octanol–water partition coefficient (Wildman–Crippen LogP) is 3.25. The van der Waals surface area contributed by atoms with Crippen molar-refractivity contribution < 1.29 is 9.84 Å². The molecular weight excluding hydrogens is 388 g/mol. The first kappa shape index (κ1) is 17.6. The third-order valence-corrected chi connectivity index (χ3v) is 5.20. The lowest BCUT2D eigenvalue weighted by Gasteiger charge is -2.07. The van der Waals surface area contributed by atoms with Gasteiger partial charge >= 0.3 is 4.87 Å². The Bertz CT molecular complexity index is 1160. The Morgan fingerprint density at radius 1 is 1.33 bits per heavy atom. The highest BCUT2D eigenvalue weighted by Gasteiger charge is 2.11. The summed E-state index contributed by atoms with van der Waals surface area (Å²) in [5, 5.41) is 10.2. The maximum Gasteiger partial charge on any atom is 0.307 e. The molecular formula is C18H15ClN4O3S. The van der Waals surface area contributed by atoms with Crippen molar-refractivity contribution in [2.24, 2.45) is 7.05 Å². The first-order valence-corrected chi connectivity index (χ1v) is 9.28. The van der Waals surface area contributed by atoms with Gasteiger partial charge in [0, 0.05) is 19.7 Å². The molecule has 0 saturated heterocycles. The summed E-state index contributed by atoms with van der Waals surface area (Å²) < 4.78 is 7.69.